The van der Waals surface area contributed by atoms with Gasteiger partial charge in [0.25, 0.3) is 0 Å². The fourth-order valence-electron chi connectivity index (χ4n) is 3.53. The summed E-state index contributed by atoms with van der Waals surface area (Å²) in [5.41, 5.74) is 4.31. The number of aryl methyl sites for hydroxylation is 2. The molecule has 2 N–H and O–H groups in total. The van der Waals surface area contributed by atoms with Gasteiger partial charge >= 0.3 is 0 Å². The molecule has 1 aliphatic rings. The van der Waals surface area contributed by atoms with Crippen molar-refractivity contribution in [2.24, 2.45) is 0 Å². The highest BCUT2D eigenvalue weighted by molar-refractivity contribution is 7.89. The van der Waals surface area contributed by atoms with Gasteiger partial charge in [0.1, 0.15) is 0 Å². The second-order valence-corrected chi connectivity index (χ2v) is 8.74. The van der Waals surface area contributed by atoms with Crippen molar-refractivity contribution in [3.05, 3.63) is 59.2 Å². The highest BCUT2D eigenvalue weighted by atomic mass is 32.2. The Morgan fingerprint density at radius 1 is 1.04 bits per heavy atom. The van der Waals surface area contributed by atoms with Gasteiger partial charge < -0.3 is 5.32 Å². The Morgan fingerprint density at radius 3 is 2.33 bits per heavy atom. The second kappa shape index (κ2) is 8.23. The standard InChI is InChI=1S/C21H26N2O3S/c1-3-21(18-9-8-16-6-4-5-7-17(16)14-18)23-27(25,26)20-12-10-19(11-13-20)22-15(2)24/h8-14,21,23H,3-7H2,1-2H3,(H,22,24)/t21-/m1/s1. The summed E-state index contributed by atoms with van der Waals surface area (Å²) >= 11 is 0. The molecule has 0 unspecified atom stereocenters. The molecule has 1 atom stereocenters. The van der Waals surface area contributed by atoms with E-state index in [1.165, 1.54) is 43.0 Å². The number of hydrogen-bond donors (Lipinski definition) is 2. The van der Waals surface area contributed by atoms with Crippen molar-refractivity contribution in [1.82, 2.24) is 4.72 Å². The van der Waals surface area contributed by atoms with Crippen LogP contribution in [0.5, 0.6) is 0 Å². The first-order chi connectivity index (χ1) is 12.9. The molecule has 0 aromatic heterocycles. The Balaban J connectivity index is 1.79. The lowest BCUT2D eigenvalue weighted by atomic mass is 9.89. The molecule has 1 amide bonds. The predicted octanol–water partition coefficient (Wildman–Crippen LogP) is 3.95. The summed E-state index contributed by atoms with van der Waals surface area (Å²) in [6, 6.07) is 12.3. The number of carbonyl (C=O) groups is 1. The summed E-state index contributed by atoms with van der Waals surface area (Å²) in [6.45, 7) is 3.39. The maximum Gasteiger partial charge on any atom is 0.241 e. The zero-order valence-electron chi connectivity index (χ0n) is 15.8. The van der Waals surface area contributed by atoms with E-state index in [1.807, 2.05) is 13.0 Å². The van der Waals surface area contributed by atoms with Crippen LogP contribution in [0.15, 0.2) is 47.4 Å². The number of amides is 1. The van der Waals surface area contributed by atoms with Crippen molar-refractivity contribution in [1.29, 1.82) is 0 Å². The van der Waals surface area contributed by atoms with Crippen molar-refractivity contribution in [2.75, 3.05) is 5.32 Å². The van der Waals surface area contributed by atoms with Crippen molar-refractivity contribution < 1.29 is 13.2 Å². The molecule has 1 aliphatic carbocycles. The van der Waals surface area contributed by atoms with Gasteiger partial charge in [-0.2, -0.15) is 0 Å². The molecule has 0 bridgehead atoms. The van der Waals surface area contributed by atoms with Gasteiger partial charge in [-0.25, -0.2) is 13.1 Å². The highest BCUT2D eigenvalue weighted by Crippen LogP contribution is 2.27. The second-order valence-electron chi connectivity index (χ2n) is 7.02. The van der Waals surface area contributed by atoms with Gasteiger partial charge in [-0.1, -0.05) is 25.1 Å². The number of benzene rings is 2. The summed E-state index contributed by atoms with van der Waals surface area (Å²) in [5, 5.41) is 2.64. The lowest BCUT2D eigenvalue weighted by molar-refractivity contribution is -0.114. The largest absolute Gasteiger partial charge is 0.326 e. The summed E-state index contributed by atoms with van der Waals surface area (Å²) in [5.74, 6) is -0.192. The van der Waals surface area contributed by atoms with Crippen LogP contribution in [0.4, 0.5) is 5.69 Å². The normalized spacial score (nSPS) is 15.0. The van der Waals surface area contributed by atoms with E-state index in [0.717, 1.165) is 18.4 Å². The lowest BCUT2D eigenvalue weighted by Crippen LogP contribution is -2.28. The minimum absolute atomic E-state index is 0.188. The van der Waals surface area contributed by atoms with Gasteiger partial charge in [0, 0.05) is 18.7 Å². The minimum Gasteiger partial charge on any atom is -0.326 e. The number of sulfonamides is 1. The molecule has 3 rings (SSSR count). The quantitative estimate of drug-likeness (QED) is 0.789. The minimum atomic E-state index is -3.65. The van der Waals surface area contributed by atoms with Crippen molar-refractivity contribution >= 4 is 21.6 Å². The van der Waals surface area contributed by atoms with Crippen LogP contribution < -0.4 is 10.0 Å². The summed E-state index contributed by atoms with van der Waals surface area (Å²) in [7, 11) is -3.65. The van der Waals surface area contributed by atoms with Crippen LogP contribution in [0, 0.1) is 0 Å². The fraction of sp³-hybridized carbons (Fsp3) is 0.381. The molecule has 27 heavy (non-hydrogen) atoms. The van der Waals surface area contributed by atoms with Crippen molar-refractivity contribution in [3.8, 4) is 0 Å². The summed E-state index contributed by atoms with van der Waals surface area (Å²) < 4.78 is 28.4. The van der Waals surface area contributed by atoms with E-state index in [-0.39, 0.29) is 16.8 Å². The molecular weight excluding hydrogens is 360 g/mol. The molecule has 0 radical (unpaired) electrons. The Hall–Kier alpha value is -2.18. The maximum atomic E-state index is 12.8. The van der Waals surface area contributed by atoms with Gasteiger partial charge in [0.15, 0.2) is 0 Å². The number of carbonyl (C=O) groups excluding carboxylic acids is 1. The third kappa shape index (κ3) is 4.76. The molecule has 0 spiro atoms. The Morgan fingerprint density at radius 2 is 1.70 bits per heavy atom. The van der Waals surface area contributed by atoms with E-state index in [9.17, 15) is 13.2 Å². The molecular formula is C21H26N2O3S. The predicted molar refractivity (Wildman–Crippen MR) is 107 cm³/mol. The lowest BCUT2D eigenvalue weighted by Gasteiger charge is -2.21. The molecule has 0 saturated carbocycles. The van der Waals surface area contributed by atoms with Gasteiger partial charge in [-0.15, -0.1) is 0 Å². The van der Waals surface area contributed by atoms with Gasteiger partial charge in [0.2, 0.25) is 15.9 Å². The number of fused-ring (bicyclic) bond motifs is 1. The molecule has 6 heteroatoms. The molecule has 2 aromatic rings. The van der Waals surface area contributed by atoms with Crippen LogP contribution in [0.3, 0.4) is 0 Å². The van der Waals surface area contributed by atoms with Crippen molar-refractivity contribution in [3.63, 3.8) is 0 Å². The number of hydrogen-bond acceptors (Lipinski definition) is 3. The van der Waals surface area contributed by atoms with E-state index in [1.54, 1.807) is 12.1 Å². The molecule has 0 fully saturated rings. The third-order valence-electron chi connectivity index (χ3n) is 4.97. The smallest absolute Gasteiger partial charge is 0.241 e. The first kappa shape index (κ1) is 19.6. The van der Waals surface area contributed by atoms with Gasteiger partial charge in [0.05, 0.1) is 4.90 Å². The molecule has 0 heterocycles. The van der Waals surface area contributed by atoms with Crippen LogP contribution >= 0.6 is 0 Å². The van der Waals surface area contributed by atoms with E-state index in [2.05, 4.69) is 22.2 Å². The Kier molecular flexibility index (Phi) is 5.97. The Labute approximate surface area is 161 Å². The van der Waals surface area contributed by atoms with Crippen LogP contribution in [0.25, 0.3) is 0 Å². The van der Waals surface area contributed by atoms with E-state index < -0.39 is 10.0 Å². The Bertz CT molecular complexity index is 921. The van der Waals surface area contributed by atoms with Gasteiger partial charge in [-0.05, 0) is 73.1 Å². The van der Waals surface area contributed by atoms with E-state index >= 15 is 0 Å². The molecule has 0 aliphatic heterocycles. The number of anilines is 1. The average molecular weight is 387 g/mol. The van der Waals surface area contributed by atoms with Gasteiger partial charge in [-0.3, -0.25) is 4.79 Å². The first-order valence-corrected chi connectivity index (χ1v) is 10.9. The topological polar surface area (TPSA) is 75.3 Å². The highest BCUT2D eigenvalue weighted by Gasteiger charge is 2.21. The molecule has 5 nitrogen and oxygen atoms in total. The maximum absolute atomic E-state index is 12.8. The number of nitrogens with one attached hydrogen (secondary N) is 2. The number of rotatable bonds is 6. The fourth-order valence-corrected chi connectivity index (χ4v) is 4.84. The summed E-state index contributed by atoms with van der Waals surface area (Å²) in [4.78, 5) is 11.3. The van der Waals surface area contributed by atoms with Crippen LogP contribution in [0.2, 0.25) is 0 Å². The monoisotopic (exact) mass is 386 g/mol. The van der Waals surface area contributed by atoms with Crippen LogP contribution in [-0.2, 0) is 27.7 Å². The zero-order valence-corrected chi connectivity index (χ0v) is 16.6. The molecule has 2 aromatic carbocycles. The summed E-state index contributed by atoms with van der Waals surface area (Å²) in [6.07, 6.45) is 5.27. The van der Waals surface area contributed by atoms with Crippen LogP contribution in [-0.4, -0.2) is 14.3 Å². The third-order valence-corrected chi connectivity index (χ3v) is 6.45. The zero-order chi connectivity index (χ0) is 19.4. The average Bonchev–Trinajstić information content (AvgIpc) is 2.65. The SMILES string of the molecule is CC[C@@H](NS(=O)(=O)c1ccc(NC(C)=O)cc1)c1ccc2c(c1)CCCC2. The van der Waals surface area contributed by atoms with Crippen molar-refractivity contribution in [2.45, 2.75) is 56.9 Å². The van der Waals surface area contributed by atoms with E-state index in [4.69, 9.17) is 0 Å². The van der Waals surface area contributed by atoms with Crippen LogP contribution in [0.1, 0.15) is 55.8 Å². The van der Waals surface area contributed by atoms with E-state index in [0.29, 0.717) is 12.1 Å². The molecule has 0 saturated heterocycles. The first-order valence-electron chi connectivity index (χ1n) is 9.40. The molecule has 144 valence electrons.